The Hall–Kier alpha value is -2.92. The quantitative estimate of drug-likeness (QED) is 0.100. The van der Waals surface area contributed by atoms with Gasteiger partial charge in [0, 0.05) is 43.9 Å². The summed E-state index contributed by atoms with van der Waals surface area (Å²) in [6, 6.07) is 12.4. The van der Waals surface area contributed by atoms with Gasteiger partial charge < -0.3 is 32.8 Å². The van der Waals surface area contributed by atoms with E-state index in [4.69, 9.17) is 22.8 Å². The average Bonchev–Trinajstić information content (AvgIpc) is 2.94. The van der Waals surface area contributed by atoms with Gasteiger partial charge in [0.25, 0.3) is 0 Å². The number of alkyl carbamates (subject to hydrolysis) is 1. The van der Waals surface area contributed by atoms with Crippen molar-refractivity contribution < 1.29 is 37.1 Å². The third-order valence-electron chi connectivity index (χ3n) is 5.82. The summed E-state index contributed by atoms with van der Waals surface area (Å²) in [5, 5.41) is 4.76. The van der Waals surface area contributed by atoms with Gasteiger partial charge in [-0.25, -0.2) is 9.59 Å². The number of hydrogen-bond donors (Lipinski definition) is 1. The van der Waals surface area contributed by atoms with E-state index >= 15 is 0 Å². The molecule has 0 atom stereocenters. The summed E-state index contributed by atoms with van der Waals surface area (Å²) in [7, 11) is -1.33. The fourth-order valence-corrected chi connectivity index (χ4v) is 6.68. The van der Waals surface area contributed by atoms with Crippen LogP contribution in [0.2, 0.25) is 6.04 Å². The van der Waals surface area contributed by atoms with Gasteiger partial charge in [-0.1, -0.05) is 30.3 Å². The number of carbonyl (C=O) groups excluding carboxylic acids is 2. The minimum Gasteiger partial charge on any atom is -0.493 e. The molecule has 0 saturated heterocycles. The number of amides is 1. The van der Waals surface area contributed by atoms with E-state index in [9.17, 15) is 9.59 Å². The van der Waals surface area contributed by atoms with Gasteiger partial charge in [-0.3, -0.25) is 0 Å². The zero-order valence-electron chi connectivity index (χ0n) is 23.7. The minimum absolute atomic E-state index is 0.353. The second kappa shape index (κ2) is 18.4. The van der Waals surface area contributed by atoms with E-state index in [0.29, 0.717) is 52.0 Å². The molecule has 39 heavy (non-hydrogen) atoms. The van der Waals surface area contributed by atoms with Crippen molar-refractivity contribution in [2.24, 2.45) is 0 Å². The van der Waals surface area contributed by atoms with Crippen molar-refractivity contribution in [2.45, 2.75) is 52.5 Å². The van der Waals surface area contributed by atoms with Crippen LogP contribution in [0.15, 0.2) is 42.5 Å². The van der Waals surface area contributed by atoms with Crippen molar-refractivity contribution in [3.63, 3.8) is 0 Å². The van der Waals surface area contributed by atoms with Crippen LogP contribution in [0.5, 0.6) is 5.75 Å². The lowest BCUT2D eigenvalue weighted by Gasteiger charge is -2.28. The predicted molar refractivity (Wildman–Crippen MR) is 154 cm³/mol. The Morgan fingerprint density at radius 1 is 0.846 bits per heavy atom. The summed E-state index contributed by atoms with van der Waals surface area (Å²) in [6.07, 6.45) is 5.88. The van der Waals surface area contributed by atoms with Gasteiger partial charge in [0.1, 0.15) is 5.75 Å². The summed E-state index contributed by atoms with van der Waals surface area (Å²) < 4.78 is 33.5. The Bertz CT molecular complexity index is 1030. The van der Waals surface area contributed by atoms with Crippen molar-refractivity contribution in [1.29, 1.82) is 0 Å². The van der Waals surface area contributed by atoms with Crippen LogP contribution in [-0.2, 0) is 27.5 Å². The van der Waals surface area contributed by atoms with E-state index in [0.717, 1.165) is 41.3 Å². The Morgan fingerprint density at radius 3 is 2.18 bits per heavy atom. The van der Waals surface area contributed by atoms with E-state index in [1.807, 2.05) is 57.2 Å². The average molecular weight is 562 g/mol. The fraction of sp³-hybridized carbons (Fsp3) is 0.517. The van der Waals surface area contributed by atoms with Crippen LogP contribution in [0.1, 0.15) is 52.0 Å². The number of nitrogens with one attached hydrogen (secondary N) is 1. The first-order chi connectivity index (χ1) is 19.0. The Morgan fingerprint density at radius 2 is 1.51 bits per heavy atom. The molecule has 0 unspecified atom stereocenters. The predicted octanol–water partition coefficient (Wildman–Crippen LogP) is 5.74. The number of benzene rings is 2. The van der Waals surface area contributed by atoms with Crippen LogP contribution in [0.3, 0.4) is 0 Å². The van der Waals surface area contributed by atoms with Crippen LogP contribution < -0.4 is 10.1 Å². The molecule has 0 heterocycles. The van der Waals surface area contributed by atoms with Gasteiger partial charge in [-0.05, 0) is 69.5 Å². The molecule has 10 heteroatoms. The van der Waals surface area contributed by atoms with Gasteiger partial charge in [0.05, 0.1) is 20.3 Å². The molecule has 2 rings (SSSR count). The molecule has 2 aromatic carbocycles. The van der Waals surface area contributed by atoms with E-state index < -0.39 is 20.9 Å². The number of unbranched alkanes of at least 4 members (excludes halogenated alkanes) is 2. The summed E-state index contributed by atoms with van der Waals surface area (Å²) in [4.78, 5) is 23.5. The maximum Gasteiger partial charge on any atom is 0.500 e. The smallest absolute Gasteiger partial charge is 0.493 e. The first kappa shape index (κ1) is 32.3. The number of esters is 1. The molecule has 0 aliphatic carbocycles. The normalized spacial score (nSPS) is 11.6. The van der Waals surface area contributed by atoms with Crippen molar-refractivity contribution >= 4 is 37.7 Å². The second-order valence-electron chi connectivity index (χ2n) is 8.61. The number of ether oxygens (including phenoxy) is 3. The fourth-order valence-electron chi connectivity index (χ4n) is 4.07. The molecule has 0 aromatic heterocycles. The summed E-state index contributed by atoms with van der Waals surface area (Å²) in [5.74, 6) is 0.396. The van der Waals surface area contributed by atoms with Crippen LogP contribution in [0, 0.1) is 0 Å². The van der Waals surface area contributed by atoms with E-state index in [1.54, 1.807) is 6.08 Å². The molecule has 0 aliphatic heterocycles. The molecule has 0 aliphatic rings. The molecular weight excluding hydrogens is 518 g/mol. The first-order valence-corrected chi connectivity index (χ1v) is 15.6. The Balaban J connectivity index is 1.66. The Kier molecular flexibility index (Phi) is 15.2. The molecule has 0 fully saturated rings. The van der Waals surface area contributed by atoms with Crippen molar-refractivity contribution in [1.82, 2.24) is 5.32 Å². The zero-order chi connectivity index (χ0) is 28.3. The summed E-state index contributed by atoms with van der Waals surface area (Å²) >= 11 is 0. The van der Waals surface area contributed by atoms with E-state index in [2.05, 4.69) is 10.1 Å². The number of carbonyl (C=O) groups is 2. The van der Waals surface area contributed by atoms with Crippen molar-refractivity contribution in [2.75, 3.05) is 46.7 Å². The second-order valence-corrected chi connectivity index (χ2v) is 11.3. The van der Waals surface area contributed by atoms with Gasteiger partial charge in [0.15, 0.2) is 0 Å². The highest BCUT2D eigenvalue weighted by Gasteiger charge is 2.39. The lowest BCUT2D eigenvalue weighted by molar-refractivity contribution is -0.134. The third kappa shape index (κ3) is 11.4. The maximum atomic E-state index is 12.0. The molecule has 0 bridgehead atoms. The van der Waals surface area contributed by atoms with Gasteiger partial charge in [-0.15, -0.1) is 0 Å². The molecule has 0 radical (unpaired) electrons. The molecule has 2 aromatic rings. The molecular formula is C29H43NO8Si. The number of hydrogen-bond acceptors (Lipinski definition) is 8. The van der Waals surface area contributed by atoms with E-state index in [-0.39, 0.29) is 0 Å². The summed E-state index contributed by atoms with van der Waals surface area (Å²) in [5.41, 5.74) is 0.915. The van der Waals surface area contributed by atoms with E-state index in [1.165, 1.54) is 13.2 Å². The van der Waals surface area contributed by atoms with Crippen molar-refractivity contribution in [3.05, 3.63) is 48.0 Å². The van der Waals surface area contributed by atoms with Gasteiger partial charge in [0.2, 0.25) is 0 Å². The van der Waals surface area contributed by atoms with Gasteiger partial charge >= 0.3 is 20.9 Å². The monoisotopic (exact) mass is 561 g/mol. The largest absolute Gasteiger partial charge is 0.500 e. The third-order valence-corrected chi connectivity index (χ3v) is 8.97. The SMILES string of the molecule is CCO[Si](CCCNC(=O)OCCCCCOc1ccc(/C=C/C(=O)OC)c2ccccc12)(OCC)OCC. The number of rotatable bonds is 19. The molecule has 1 N–H and O–H groups in total. The number of methoxy groups -OCH3 is 1. The van der Waals surface area contributed by atoms with Gasteiger partial charge in [-0.2, -0.15) is 0 Å². The lowest BCUT2D eigenvalue weighted by Crippen LogP contribution is -2.46. The van der Waals surface area contributed by atoms with Crippen LogP contribution >= 0.6 is 0 Å². The summed E-state index contributed by atoms with van der Waals surface area (Å²) in [6.45, 7) is 8.76. The maximum absolute atomic E-state index is 12.0. The molecule has 216 valence electrons. The standard InChI is InChI=1S/C29H43NO8Si/c1-5-36-39(37-6-2,38-7-3)23-13-20-30-29(32)35-22-12-8-11-21-34-27-18-16-24(17-19-28(31)33-4)25-14-9-10-15-26(25)27/h9-10,14-19H,5-8,11-13,20-23H2,1-4H3,(H,30,32)/b19-17+. The van der Waals surface area contributed by atoms with Crippen LogP contribution in [0.25, 0.3) is 16.8 Å². The molecule has 1 amide bonds. The highest BCUT2D eigenvalue weighted by atomic mass is 28.4. The molecule has 0 spiro atoms. The highest BCUT2D eigenvalue weighted by molar-refractivity contribution is 6.60. The minimum atomic E-state index is -2.69. The van der Waals surface area contributed by atoms with Crippen LogP contribution in [-0.4, -0.2) is 67.6 Å². The zero-order valence-corrected chi connectivity index (χ0v) is 24.7. The molecule has 9 nitrogen and oxygen atoms in total. The lowest BCUT2D eigenvalue weighted by atomic mass is 10.0. The highest BCUT2D eigenvalue weighted by Crippen LogP contribution is 2.29. The molecule has 0 saturated carbocycles. The van der Waals surface area contributed by atoms with Crippen LogP contribution in [0.4, 0.5) is 4.79 Å². The Labute approximate surface area is 233 Å². The number of fused-ring (bicyclic) bond motifs is 1. The topological polar surface area (TPSA) is 102 Å². The first-order valence-electron chi connectivity index (χ1n) is 13.7. The van der Waals surface area contributed by atoms with Crippen molar-refractivity contribution in [3.8, 4) is 5.75 Å².